The van der Waals surface area contributed by atoms with Gasteiger partial charge in [-0.25, -0.2) is 4.31 Å². The maximum Gasteiger partial charge on any atom is 0.230 e. The molecule has 0 amide bonds. The number of aryl methyl sites for hydroxylation is 1. The summed E-state index contributed by atoms with van der Waals surface area (Å²) < 4.78 is 7.71. The van der Waals surface area contributed by atoms with Crippen LogP contribution in [0.1, 0.15) is 18.2 Å². The standard InChI is InChI=1S/C9H14N4OS2/c1-6-10-11-9(14-6)5-13-7-2-8(13)4-12(3-7)16-15/h7-8,15H,2-5H2,1H3. The lowest BCUT2D eigenvalue weighted by Crippen LogP contribution is -2.66. The monoisotopic (exact) mass is 258 g/mol. The highest BCUT2D eigenvalue weighted by Gasteiger charge is 2.44. The first kappa shape index (κ1) is 10.9. The highest BCUT2D eigenvalue weighted by Crippen LogP contribution is 2.36. The molecule has 2 bridgehead atoms. The molecule has 16 heavy (non-hydrogen) atoms. The SMILES string of the molecule is Cc1nnc(CN2C3CC2CN(SS)C3)o1. The minimum atomic E-state index is 0.630. The molecule has 0 aliphatic carbocycles. The molecule has 7 heteroatoms. The van der Waals surface area contributed by atoms with E-state index in [1.807, 2.05) is 6.92 Å². The normalized spacial score (nSPS) is 30.4. The van der Waals surface area contributed by atoms with E-state index in [2.05, 4.69) is 31.1 Å². The third-order valence-corrected chi connectivity index (χ3v) is 4.53. The fraction of sp³-hybridized carbons (Fsp3) is 0.778. The lowest BCUT2D eigenvalue weighted by molar-refractivity contribution is -0.0516. The molecule has 2 fully saturated rings. The number of hydrogen-bond donors (Lipinski definition) is 1. The molecule has 5 nitrogen and oxygen atoms in total. The molecule has 2 atom stereocenters. The van der Waals surface area contributed by atoms with Crippen LogP contribution in [-0.4, -0.2) is 44.6 Å². The number of nitrogens with zero attached hydrogens (tertiary/aromatic N) is 4. The summed E-state index contributed by atoms with van der Waals surface area (Å²) in [6.45, 7) is 4.78. The van der Waals surface area contributed by atoms with Gasteiger partial charge in [-0.3, -0.25) is 4.90 Å². The topological polar surface area (TPSA) is 45.4 Å². The molecular weight excluding hydrogens is 244 g/mol. The minimum Gasteiger partial charge on any atom is -0.424 e. The Morgan fingerprint density at radius 2 is 2.19 bits per heavy atom. The van der Waals surface area contributed by atoms with Crippen LogP contribution in [0.5, 0.6) is 0 Å². The van der Waals surface area contributed by atoms with Crippen molar-refractivity contribution in [1.82, 2.24) is 19.4 Å². The number of aromatic nitrogens is 2. The van der Waals surface area contributed by atoms with Crippen molar-refractivity contribution in [2.24, 2.45) is 0 Å². The van der Waals surface area contributed by atoms with E-state index in [0.29, 0.717) is 18.0 Å². The number of rotatable bonds is 3. The summed E-state index contributed by atoms with van der Waals surface area (Å²) >= 11 is 4.24. The molecule has 88 valence electrons. The van der Waals surface area contributed by atoms with Crippen molar-refractivity contribution < 1.29 is 4.42 Å². The minimum absolute atomic E-state index is 0.630. The molecule has 0 spiro atoms. The lowest BCUT2D eigenvalue weighted by atomic mass is 9.89. The van der Waals surface area contributed by atoms with Crippen molar-refractivity contribution in [3.63, 3.8) is 0 Å². The maximum absolute atomic E-state index is 5.41. The predicted octanol–water partition coefficient (Wildman–Crippen LogP) is 1.13. The molecule has 2 unspecified atom stereocenters. The Morgan fingerprint density at radius 1 is 1.44 bits per heavy atom. The van der Waals surface area contributed by atoms with Crippen LogP contribution >= 0.6 is 22.6 Å². The average molecular weight is 258 g/mol. The first-order valence-corrected chi connectivity index (χ1v) is 7.20. The van der Waals surface area contributed by atoms with Crippen molar-refractivity contribution in [3.8, 4) is 0 Å². The van der Waals surface area contributed by atoms with E-state index in [1.54, 1.807) is 11.0 Å². The third-order valence-electron chi connectivity index (χ3n) is 3.31. The van der Waals surface area contributed by atoms with Crippen LogP contribution in [0, 0.1) is 6.92 Å². The third kappa shape index (κ3) is 1.85. The number of likely N-dealkylation sites (tertiary alicyclic amines) is 1. The van der Waals surface area contributed by atoms with Gasteiger partial charge in [0.05, 0.1) is 6.54 Å². The maximum atomic E-state index is 5.41. The number of thiol groups is 1. The zero-order chi connectivity index (χ0) is 11.1. The van der Waals surface area contributed by atoms with Gasteiger partial charge in [0.25, 0.3) is 0 Å². The van der Waals surface area contributed by atoms with Crippen molar-refractivity contribution in [2.45, 2.75) is 32.0 Å². The average Bonchev–Trinajstić information content (AvgIpc) is 2.72. The molecule has 0 saturated carbocycles. The summed E-state index contributed by atoms with van der Waals surface area (Å²) in [6.07, 6.45) is 1.29. The molecule has 0 aromatic carbocycles. The predicted molar refractivity (Wildman–Crippen MR) is 64.9 cm³/mol. The molecule has 2 saturated heterocycles. The molecule has 2 aliphatic rings. The second kappa shape index (κ2) is 4.21. The summed E-state index contributed by atoms with van der Waals surface area (Å²) in [5, 5.41) is 7.89. The van der Waals surface area contributed by atoms with Gasteiger partial charge in [-0.2, -0.15) is 0 Å². The van der Waals surface area contributed by atoms with Gasteiger partial charge < -0.3 is 4.42 Å². The Labute approximate surface area is 104 Å². The van der Waals surface area contributed by atoms with Crippen molar-refractivity contribution in [1.29, 1.82) is 0 Å². The zero-order valence-electron chi connectivity index (χ0n) is 9.04. The van der Waals surface area contributed by atoms with Crippen LogP contribution in [-0.2, 0) is 6.54 Å². The van der Waals surface area contributed by atoms with Crippen LogP contribution in [0.3, 0.4) is 0 Å². The first-order chi connectivity index (χ1) is 7.76. The second-order valence-electron chi connectivity index (χ2n) is 4.36. The lowest BCUT2D eigenvalue weighted by Gasteiger charge is -2.55. The molecule has 1 aromatic heterocycles. The summed E-state index contributed by atoms with van der Waals surface area (Å²) in [7, 11) is 1.54. The Balaban J connectivity index is 1.62. The van der Waals surface area contributed by atoms with E-state index in [9.17, 15) is 0 Å². The second-order valence-corrected chi connectivity index (χ2v) is 5.53. The molecule has 1 aromatic rings. The fourth-order valence-electron chi connectivity index (χ4n) is 2.53. The van der Waals surface area contributed by atoms with Crippen LogP contribution in [0.2, 0.25) is 0 Å². The number of fused-ring (bicyclic) bond motifs is 2. The van der Waals surface area contributed by atoms with Gasteiger partial charge in [0.2, 0.25) is 11.8 Å². The van der Waals surface area contributed by atoms with Gasteiger partial charge >= 0.3 is 0 Å². The Kier molecular flexibility index (Phi) is 2.87. The summed E-state index contributed by atoms with van der Waals surface area (Å²) in [6, 6.07) is 1.26. The van der Waals surface area contributed by atoms with Gasteiger partial charge in [-0.1, -0.05) is 11.7 Å². The molecule has 0 radical (unpaired) electrons. The summed E-state index contributed by atoms with van der Waals surface area (Å²) in [5.74, 6) is 1.38. The highest BCUT2D eigenvalue weighted by atomic mass is 33.1. The number of hydrogen-bond acceptors (Lipinski definition) is 7. The first-order valence-electron chi connectivity index (χ1n) is 5.37. The van der Waals surface area contributed by atoms with Gasteiger partial charge in [-0.15, -0.1) is 10.2 Å². The van der Waals surface area contributed by atoms with Crippen LogP contribution in [0.4, 0.5) is 0 Å². The highest BCUT2D eigenvalue weighted by molar-refractivity contribution is 8.67. The van der Waals surface area contributed by atoms with Crippen LogP contribution < -0.4 is 0 Å². The van der Waals surface area contributed by atoms with E-state index in [0.717, 1.165) is 25.5 Å². The van der Waals surface area contributed by atoms with Gasteiger partial charge in [0, 0.05) is 32.1 Å². The van der Waals surface area contributed by atoms with E-state index in [-0.39, 0.29) is 0 Å². The summed E-state index contributed by atoms with van der Waals surface area (Å²) in [5.41, 5.74) is 0. The van der Waals surface area contributed by atoms with E-state index < -0.39 is 0 Å². The van der Waals surface area contributed by atoms with E-state index >= 15 is 0 Å². The number of piperidine rings is 1. The Bertz CT molecular complexity index is 373. The van der Waals surface area contributed by atoms with Crippen molar-refractivity contribution in [2.75, 3.05) is 13.1 Å². The molecular formula is C9H14N4OS2. The van der Waals surface area contributed by atoms with Gasteiger partial charge in [0.15, 0.2) is 0 Å². The van der Waals surface area contributed by atoms with Gasteiger partial charge in [-0.05, 0) is 17.4 Å². The zero-order valence-corrected chi connectivity index (χ0v) is 10.7. The quantitative estimate of drug-likeness (QED) is 0.498. The number of piperazine rings is 1. The van der Waals surface area contributed by atoms with Crippen LogP contribution in [0.25, 0.3) is 0 Å². The largest absolute Gasteiger partial charge is 0.424 e. The fourth-order valence-corrected chi connectivity index (χ4v) is 3.41. The molecule has 2 aliphatic heterocycles. The van der Waals surface area contributed by atoms with E-state index in [1.165, 1.54) is 6.42 Å². The van der Waals surface area contributed by atoms with Crippen molar-refractivity contribution in [3.05, 3.63) is 11.8 Å². The molecule has 0 N–H and O–H groups in total. The Hall–Kier alpha value is -0.240. The van der Waals surface area contributed by atoms with E-state index in [4.69, 9.17) is 4.42 Å². The summed E-state index contributed by atoms with van der Waals surface area (Å²) in [4.78, 5) is 2.45. The van der Waals surface area contributed by atoms with Gasteiger partial charge in [0.1, 0.15) is 0 Å². The Morgan fingerprint density at radius 3 is 2.75 bits per heavy atom. The molecule has 3 rings (SSSR count). The molecule has 3 heterocycles. The van der Waals surface area contributed by atoms with Crippen LogP contribution in [0.15, 0.2) is 4.42 Å². The van der Waals surface area contributed by atoms with Crippen molar-refractivity contribution >= 4 is 22.6 Å². The smallest absolute Gasteiger partial charge is 0.230 e.